The summed E-state index contributed by atoms with van der Waals surface area (Å²) in [5, 5.41) is 9.04. The molecule has 0 heterocycles. The van der Waals surface area contributed by atoms with Gasteiger partial charge >= 0.3 is 5.97 Å². The van der Waals surface area contributed by atoms with E-state index in [0.29, 0.717) is 6.42 Å². The fourth-order valence-corrected chi connectivity index (χ4v) is 3.21. The number of unbranched alkanes of at least 4 members (excludes halogenated alkanes) is 6. The van der Waals surface area contributed by atoms with Crippen molar-refractivity contribution < 1.29 is 9.53 Å². The van der Waals surface area contributed by atoms with Crippen LogP contribution in [0.25, 0.3) is 0 Å². The number of esters is 1. The van der Waals surface area contributed by atoms with E-state index in [-0.39, 0.29) is 17.8 Å². The zero-order valence-electron chi connectivity index (χ0n) is 16.4. The summed E-state index contributed by atoms with van der Waals surface area (Å²) in [6, 6.07) is 10.4. The molecule has 0 radical (unpaired) electrons. The Kier molecular flexibility index (Phi) is 11.1. The van der Waals surface area contributed by atoms with Crippen molar-refractivity contribution in [3.63, 3.8) is 0 Å². The van der Waals surface area contributed by atoms with E-state index >= 15 is 0 Å². The SMILES string of the molecule is C=COC(=O)CC(CCCCCCCCC)c1ccc(C(C)C#N)cc1. The summed E-state index contributed by atoms with van der Waals surface area (Å²) < 4.78 is 4.93. The lowest BCUT2D eigenvalue weighted by Gasteiger charge is -2.17. The van der Waals surface area contributed by atoms with E-state index in [2.05, 4.69) is 31.7 Å². The van der Waals surface area contributed by atoms with Crippen LogP contribution in [0.3, 0.4) is 0 Å². The minimum Gasteiger partial charge on any atom is -0.435 e. The molecule has 0 bridgehead atoms. The van der Waals surface area contributed by atoms with E-state index < -0.39 is 0 Å². The second kappa shape index (κ2) is 13.2. The van der Waals surface area contributed by atoms with Gasteiger partial charge in [-0.1, -0.05) is 82.7 Å². The Morgan fingerprint density at radius 1 is 1.12 bits per heavy atom. The highest BCUT2D eigenvalue weighted by Gasteiger charge is 2.17. The number of ether oxygens (including phenoxy) is 1. The topological polar surface area (TPSA) is 50.1 Å². The monoisotopic (exact) mass is 355 g/mol. The van der Waals surface area contributed by atoms with Crippen molar-refractivity contribution in [2.24, 2.45) is 0 Å². The van der Waals surface area contributed by atoms with Gasteiger partial charge in [-0.3, -0.25) is 4.79 Å². The molecule has 1 aromatic rings. The third-order valence-electron chi connectivity index (χ3n) is 4.89. The van der Waals surface area contributed by atoms with Crippen LogP contribution in [0, 0.1) is 11.3 Å². The van der Waals surface area contributed by atoms with Gasteiger partial charge in [-0.2, -0.15) is 5.26 Å². The molecule has 3 nitrogen and oxygen atoms in total. The fraction of sp³-hybridized carbons (Fsp3) is 0.565. The first-order valence-corrected chi connectivity index (χ1v) is 9.92. The van der Waals surface area contributed by atoms with E-state index in [1.807, 2.05) is 19.1 Å². The molecule has 0 aliphatic carbocycles. The minimum atomic E-state index is -0.234. The van der Waals surface area contributed by atoms with Gasteiger partial charge in [0.25, 0.3) is 0 Å². The van der Waals surface area contributed by atoms with Gasteiger partial charge < -0.3 is 4.74 Å². The maximum atomic E-state index is 11.9. The van der Waals surface area contributed by atoms with Crippen molar-refractivity contribution in [2.75, 3.05) is 0 Å². The fourth-order valence-electron chi connectivity index (χ4n) is 3.21. The summed E-state index contributed by atoms with van der Waals surface area (Å²) in [7, 11) is 0. The summed E-state index contributed by atoms with van der Waals surface area (Å²) in [5.74, 6) is -0.191. The Morgan fingerprint density at radius 3 is 2.27 bits per heavy atom. The zero-order valence-corrected chi connectivity index (χ0v) is 16.4. The molecule has 0 saturated heterocycles. The highest BCUT2D eigenvalue weighted by molar-refractivity contribution is 5.71. The van der Waals surface area contributed by atoms with Gasteiger partial charge in [0, 0.05) is 0 Å². The normalized spacial score (nSPS) is 12.8. The van der Waals surface area contributed by atoms with Crippen LogP contribution in [-0.4, -0.2) is 5.97 Å². The lowest BCUT2D eigenvalue weighted by Crippen LogP contribution is -2.09. The second-order valence-corrected chi connectivity index (χ2v) is 6.99. The molecule has 26 heavy (non-hydrogen) atoms. The maximum Gasteiger partial charge on any atom is 0.311 e. The smallest absolute Gasteiger partial charge is 0.311 e. The number of carbonyl (C=O) groups excluding carboxylic acids is 1. The van der Waals surface area contributed by atoms with Gasteiger partial charge in [-0.25, -0.2) is 0 Å². The quantitative estimate of drug-likeness (QED) is 0.227. The molecule has 2 atom stereocenters. The molecular weight excluding hydrogens is 322 g/mol. The van der Waals surface area contributed by atoms with Crippen molar-refractivity contribution >= 4 is 5.97 Å². The zero-order chi connectivity index (χ0) is 19.2. The van der Waals surface area contributed by atoms with Crippen LogP contribution in [0.2, 0.25) is 0 Å². The van der Waals surface area contributed by atoms with Crippen molar-refractivity contribution in [1.82, 2.24) is 0 Å². The Labute approximate surface area is 159 Å². The minimum absolute atomic E-state index is 0.114. The van der Waals surface area contributed by atoms with Crippen LogP contribution in [0.15, 0.2) is 37.1 Å². The Hall–Kier alpha value is -2.08. The number of hydrogen-bond donors (Lipinski definition) is 0. The predicted octanol–water partition coefficient (Wildman–Crippen LogP) is 6.61. The highest BCUT2D eigenvalue weighted by atomic mass is 16.5. The van der Waals surface area contributed by atoms with Crippen LogP contribution in [0.4, 0.5) is 0 Å². The molecule has 0 aliphatic rings. The van der Waals surface area contributed by atoms with E-state index in [1.54, 1.807) is 0 Å². The van der Waals surface area contributed by atoms with Gasteiger partial charge in [0.15, 0.2) is 0 Å². The van der Waals surface area contributed by atoms with Gasteiger partial charge in [0.1, 0.15) is 0 Å². The first-order valence-electron chi connectivity index (χ1n) is 9.92. The van der Waals surface area contributed by atoms with Crippen LogP contribution >= 0.6 is 0 Å². The van der Waals surface area contributed by atoms with Crippen molar-refractivity contribution in [3.05, 3.63) is 48.2 Å². The van der Waals surface area contributed by atoms with Gasteiger partial charge in [0.05, 0.1) is 24.7 Å². The summed E-state index contributed by atoms with van der Waals surface area (Å²) in [4.78, 5) is 11.9. The first-order chi connectivity index (χ1) is 12.6. The molecule has 0 aliphatic heterocycles. The highest BCUT2D eigenvalue weighted by Crippen LogP contribution is 2.28. The molecule has 1 rings (SSSR count). The summed E-state index contributed by atoms with van der Waals surface area (Å²) in [5.41, 5.74) is 2.16. The Bertz CT molecular complexity index is 571. The predicted molar refractivity (Wildman–Crippen MR) is 107 cm³/mol. The number of carbonyl (C=O) groups is 1. The number of nitrogens with zero attached hydrogens (tertiary/aromatic N) is 1. The lowest BCUT2D eigenvalue weighted by molar-refractivity contribution is -0.138. The number of rotatable bonds is 13. The average molecular weight is 356 g/mol. The molecule has 2 unspecified atom stereocenters. The molecule has 0 aromatic heterocycles. The van der Waals surface area contributed by atoms with Crippen LogP contribution in [0.1, 0.15) is 94.6 Å². The van der Waals surface area contributed by atoms with E-state index in [9.17, 15) is 4.79 Å². The summed E-state index contributed by atoms with van der Waals surface area (Å²) >= 11 is 0. The van der Waals surface area contributed by atoms with Gasteiger partial charge in [-0.05, 0) is 30.4 Å². The second-order valence-electron chi connectivity index (χ2n) is 6.99. The van der Waals surface area contributed by atoms with Crippen molar-refractivity contribution in [1.29, 1.82) is 5.26 Å². The summed E-state index contributed by atoms with van der Waals surface area (Å²) in [6.45, 7) is 7.59. The lowest BCUT2D eigenvalue weighted by atomic mass is 9.88. The molecule has 142 valence electrons. The Morgan fingerprint density at radius 2 is 1.69 bits per heavy atom. The van der Waals surface area contributed by atoms with E-state index in [4.69, 9.17) is 10.00 Å². The average Bonchev–Trinajstić information content (AvgIpc) is 2.66. The molecule has 1 aromatic carbocycles. The largest absolute Gasteiger partial charge is 0.435 e. The van der Waals surface area contributed by atoms with E-state index in [0.717, 1.165) is 24.0 Å². The van der Waals surface area contributed by atoms with Gasteiger partial charge in [-0.15, -0.1) is 0 Å². The van der Waals surface area contributed by atoms with Crippen LogP contribution in [0.5, 0.6) is 0 Å². The van der Waals surface area contributed by atoms with Crippen molar-refractivity contribution in [3.8, 4) is 6.07 Å². The molecule has 3 heteroatoms. The maximum absolute atomic E-state index is 11.9. The molecule has 0 amide bonds. The first kappa shape index (κ1) is 22.0. The number of benzene rings is 1. The molecule has 0 N–H and O–H groups in total. The van der Waals surface area contributed by atoms with E-state index in [1.165, 1.54) is 44.8 Å². The summed E-state index contributed by atoms with van der Waals surface area (Å²) in [6.07, 6.45) is 11.4. The Balaban J connectivity index is 2.62. The number of hydrogen-bond acceptors (Lipinski definition) is 3. The number of nitriles is 1. The van der Waals surface area contributed by atoms with Crippen molar-refractivity contribution in [2.45, 2.75) is 83.5 Å². The van der Waals surface area contributed by atoms with Gasteiger partial charge in [0.2, 0.25) is 0 Å². The van der Waals surface area contributed by atoms with Crippen LogP contribution < -0.4 is 0 Å². The molecule has 0 fully saturated rings. The molecule has 0 spiro atoms. The molecule has 0 saturated carbocycles. The third-order valence-corrected chi connectivity index (χ3v) is 4.89. The molecular formula is C23H33NO2. The third kappa shape index (κ3) is 8.34. The van der Waals surface area contributed by atoms with Crippen LogP contribution in [-0.2, 0) is 9.53 Å². The standard InChI is InChI=1S/C23H33NO2/c1-4-6-7-8-9-10-11-12-22(17-23(25)26-5-2)21-15-13-20(14-16-21)19(3)18-24/h5,13-16,19,22H,2,4,6-12,17H2,1,3H3.